The number of anilines is 2. The van der Waals surface area contributed by atoms with Crippen LogP contribution in [0, 0.1) is 12.8 Å². The second kappa shape index (κ2) is 9.00. The van der Waals surface area contributed by atoms with Gasteiger partial charge in [-0.1, -0.05) is 62.1 Å². The summed E-state index contributed by atoms with van der Waals surface area (Å²) in [5.41, 5.74) is 8.42. The molecule has 0 bridgehead atoms. The molecule has 140 valence electrons. The zero-order valence-electron chi connectivity index (χ0n) is 15.2. The molecule has 9 heteroatoms. The third-order valence-electron chi connectivity index (χ3n) is 3.72. The molecule has 1 aromatic heterocycles. The maximum absolute atomic E-state index is 12.1. The zero-order chi connectivity index (χ0) is 19.3. The lowest BCUT2D eigenvalue weighted by Gasteiger charge is -2.16. The number of urea groups is 1. The number of carbonyl (C=O) groups excluding carboxylic acids is 2. The van der Waals surface area contributed by atoms with E-state index in [9.17, 15) is 9.59 Å². The highest BCUT2D eigenvalue weighted by molar-refractivity contribution is 8.02. The first kappa shape index (κ1) is 20.2. The molecule has 0 spiro atoms. The van der Waals surface area contributed by atoms with Gasteiger partial charge in [-0.3, -0.25) is 10.1 Å². The fourth-order valence-electron chi connectivity index (χ4n) is 2.41. The number of nitrogens with zero attached hydrogens (tertiary/aromatic N) is 2. The van der Waals surface area contributed by atoms with Crippen molar-refractivity contribution in [2.24, 2.45) is 11.7 Å². The largest absolute Gasteiger partial charge is 0.351 e. The number of hydrogen-bond donors (Lipinski definition) is 3. The van der Waals surface area contributed by atoms with Crippen LogP contribution in [0.5, 0.6) is 0 Å². The van der Waals surface area contributed by atoms with Crippen molar-refractivity contribution in [1.82, 2.24) is 15.5 Å². The van der Waals surface area contributed by atoms with E-state index in [-0.39, 0.29) is 5.92 Å². The number of thioether (sulfide) groups is 1. The van der Waals surface area contributed by atoms with E-state index in [4.69, 9.17) is 5.73 Å². The Balaban J connectivity index is 2.14. The number of carbonyl (C=O) groups is 2. The van der Waals surface area contributed by atoms with E-state index in [1.807, 2.05) is 32.9 Å². The third kappa shape index (κ3) is 5.18. The molecule has 2 rings (SSSR count). The Bertz CT molecular complexity index is 791. The van der Waals surface area contributed by atoms with Gasteiger partial charge in [-0.2, -0.15) is 0 Å². The van der Waals surface area contributed by atoms with Gasteiger partial charge in [0.25, 0.3) is 0 Å². The van der Waals surface area contributed by atoms with Crippen LogP contribution in [-0.4, -0.2) is 27.4 Å². The molecule has 0 saturated carbocycles. The molecule has 0 saturated heterocycles. The summed E-state index contributed by atoms with van der Waals surface area (Å²) >= 11 is 2.65. The van der Waals surface area contributed by atoms with Gasteiger partial charge in [-0.15, -0.1) is 10.2 Å². The molecule has 1 aromatic carbocycles. The van der Waals surface area contributed by atoms with E-state index in [1.54, 1.807) is 0 Å². The van der Waals surface area contributed by atoms with Crippen molar-refractivity contribution in [2.75, 3.05) is 5.32 Å². The summed E-state index contributed by atoms with van der Waals surface area (Å²) in [6.07, 6.45) is 0.910. The highest BCUT2D eigenvalue weighted by atomic mass is 32.2. The molecule has 7 nitrogen and oxygen atoms in total. The second-order valence-electron chi connectivity index (χ2n) is 6.10. The highest BCUT2D eigenvalue weighted by Crippen LogP contribution is 2.34. The average Bonchev–Trinajstić information content (AvgIpc) is 3.00. The van der Waals surface area contributed by atoms with Crippen LogP contribution in [0.2, 0.25) is 0 Å². The topological polar surface area (TPSA) is 110 Å². The molecule has 1 atom stereocenters. The Morgan fingerprint density at radius 1 is 1.31 bits per heavy atom. The number of imide groups is 1. The molecule has 26 heavy (non-hydrogen) atoms. The molecule has 1 heterocycles. The minimum atomic E-state index is -0.854. The van der Waals surface area contributed by atoms with E-state index in [0.29, 0.717) is 9.47 Å². The number of benzene rings is 1. The van der Waals surface area contributed by atoms with Gasteiger partial charge in [0.1, 0.15) is 0 Å². The summed E-state index contributed by atoms with van der Waals surface area (Å²) < 4.78 is 0.650. The van der Waals surface area contributed by atoms with Crippen molar-refractivity contribution in [3.8, 4) is 0 Å². The molecular formula is C17H23N5O2S2. The monoisotopic (exact) mass is 393 g/mol. The van der Waals surface area contributed by atoms with Crippen molar-refractivity contribution >= 4 is 45.9 Å². The second-order valence-corrected chi connectivity index (χ2v) is 8.46. The van der Waals surface area contributed by atoms with Crippen molar-refractivity contribution in [2.45, 2.75) is 43.7 Å². The van der Waals surface area contributed by atoms with Crippen molar-refractivity contribution in [3.63, 3.8) is 0 Å². The number of aromatic nitrogens is 2. The molecule has 0 aliphatic rings. The molecule has 1 unspecified atom stereocenters. The number of nitrogens with two attached hydrogens (primary N) is 1. The molecule has 3 amide bonds. The minimum absolute atomic E-state index is 0.00252. The molecule has 0 fully saturated rings. The van der Waals surface area contributed by atoms with Crippen LogP contribution in [0.3, 0.4) is 0 Å². The number of aryl methyl sites for hydroxylation is 2. The first-order chi connectivity index (χ1) is 12.3. The van der Waals surface area contributed by atoms with Crippen molar-refractivity contribution < 1.29 is 9.59 Å². The smallest absolute Gasteiger partial charge is 0.318 e. The third-order valence-corrected chi connectivity index (χ3v) is 6.18. The SMILES string of the molecule is CCc1cccc(C)c1Nc1nnc(SC(C(=O)NC(N)=O)C(C)C)s1. The van der Waals surface area contributed by atoms with Gasteiger partial charge in [-0.25, -0.2) is 4.79 Å². The lowest BCUT2D eigenvalue weighted by Crippen LogP contribution is -2.42. The van der Waals surface area contributed by atoms with Crippen LogP contribution in [0.4, 0.5) is 15.6 Å². The van der Waals surface area contributed by atoms with Crippen LogP contribution in [-0.2, 0) is 11.2 Å². The molecule has 0 radical (unpaired) electrons. The van der Waals surface area contributed by atoms with Gasteiger partial charge in [0.15, 0.2) is 4.34 Å². The molecular weight excluding hydrogens is 370 g/mol. The van der Waals surface area contributed by atoms with E-state index >= 15 is 0 Å². The lowest BCUT2D eigenvalue weighted by molar-refractivity contribution is -0.120. The Kier molecular flexibility index (Phi) is 6.98. The van der Waals surface area contributed by atoms with Crippen LogP contribution < -0.4 is 16.4 Å². The summed E-state index contributed by atoms with van der Waals surface area (Å²) in [6.45, 7) is 7.95. The summed E-state index contributed by atoms with van der Waals surface area (Å²) in [4.78, 5) is 23.1. The van der Waals surface area contributed by atoms with Gasteiger partial charge < -0.3 is 11.1 Å². The number of amides is 3. The van der Waals surface area contributed by atoms with Gasteiger partial charge in [-0.05, 0) is 30.4 Å². The van der Waals surface area contributed by atoms with E-state index in [2.05, 4.69) is 33.8 Å². The first-order valence-corrected chi connectivity index (χ1v) is 9.97. The Hall–Kier alpha value is -2.13. The van der Waals surface area contributed by atoms with Crippen LogP contribution in [0.25, 0.3) is 0 Å². The Morgan fingerprint density at radius 3 is 2.65 bits per heavy atom. The fraction of sp³-hybridized carbons (Fsp3) is 0.412. The predicted molar refractivity (Wildman–Crippen MR) is 106 cm³/mol. The molecule has 0 aliphatic heterocycles. The minimum Gasteiger partial charge on any atom is -0.351 e. The van der Waals surface area contributed by atoms with E-state index in [0.717, 1.165) is 17.7 Å². The van der Waals surface area contributed by atoms with Gasteiger partial charge >= 0.3 is 6.03 Å². The summed E-state index contributed by atoms with van der Waals surface area (Å²) in [5.74, 6) is -0.419. The number of hydrogen-bond acceptors (Lipinski definition) is 7. The van der Waals surface area contributed by atoms with Gasteiger partial charge in [0.05, 0.1) is 5.25 Å². The maximum Gasteiger partial charge on any atom is 0.318 e. The van der Waals surface area contributed by atoms with Gasteiger partial charge in [0, 0.05) is 5.69 Å². The molecule has 4 N–H and O–H groups in total. The first-order valence-electron chi connectivity index (χ1n) is 8.27. The standard InChI is InChI=1S/C17H23N5O2S2/c1-5-11-8-6-7-10(4)12(11)19-16-21-22-17(26-16)25-13(9(2)3)14(23)20-15(18)24/h6-9,13H,5H2,1-4H3,(H,19,21)(H3,18,20,23,24). The van der Waals surface area contributed by atoms with E-state index < -0.39 is 17.2 Å². The predicted octanol–water partition coefficient (Wildman–Crippen LogP) is 3.46. The average molecular weight is 394 g/mol. The molecule has 2 aromatic rings. The highest BCUT2D eigenvalue weighted by Gasteiger charge is 2.26. The summed E-state index contributed by atoms with van der Waals surface area (Å²) in [6, 6.07) is 5.30. The zero-order valence-corrected chi connectivity index (χ0v) is 16.8. The number of para-hydroxylation sites is 1. The van der Waals surface area contributed by atoms with Gasteiger partial charge in [0.2, 0.25) is 11.0 Å². The van der Waals surface area contributed by atoms with Crippen molar-refractivity contribution in [1.29, 1.82) is 0 Å². The van der Waals surface area contributed by atoms with E-state index in [1.165, 1.54) is 28.7 Å². The summed E-state index contributed by atoms with van der Waals surface area (Å²) in [5, 5.41) is 14.0. The Labute approximate surface area is 161 Å². The van der Waals surface area contributed by atoms with Crippen LogP contribution >= 0.6 is 23.1 Å². The summed E-state index contributed by atoms with van der Waals surface area (Å²) in [7, 11) is 0. The fourth-order valence-corrected chi connectivity index (χ4v) is 4.38. The normalized spacial score (nSPS) is 12.0. The number of rotatable bonds is 7. The van der Waals surface area contributed by atoms with Crippen LogP contribution in [0.15, 0.2) is 22.5 Å². The molecule has 0 aliphatic carbocycles. The maximum atomic E-state index is 12.1. The van der Waals surface area contributed by atoms with Crippen molar-refractivity contribution in [3.05, 3.63) is 29.3 Å². The lowest BCUT2D eigenvalue weighted by atomic mass is 10.1. The Morgan fingerprint density at radius 2 is 2.04 bits per heavy atom. The number of nitrogens with one attached hydrogen (secondary N) is 2. The van der Waals surface area contributed by atoms with Crippen LogP contribution in [0.1, 0.15) is 31.9 Å². The quantitative estimate of drug-likeness (QED) is 0.621. The number of primary amides is 1.